The van der Waals surface area contributed by atoms with E-state index in [0.29, 0.717) is 26.3 Å². The van der Waals surface area contributed by atoms with E-state index in [9.17, 15) is 4.79 Å². The minimum Gasteiger partial charge on any atom is -0.378 e. The fourth-order valence-corrected chi connectivity index (χ4v) is 2.65. The lowest BCUT2D eigenvalue weighted by Crippen LogP contribution is -2.39. The number of carbonyl (C=O) groups is 1. The lowest BCUT2D eigenvalue weighted by Gasteiger charge is -2.25. The Kier molecular flexibility index (Phi) is 3.97. The molecule has 3 nitrogen and oxygen atoms in total. The lowest BCUT2D eigenvalue weighted by atomic mass is 9.92. The Morgan fingerprint density at radius 2 is 1.95 bits per heavy atom. The zero-order valence-corrected chi connectivity index (χ0v) is 11.5. The standard InChI is InChI=1S/C17H19NO2/c19-17(18-9-11-20-12-10-18)8-6-14-5-7-15-3-1-2-4-16(15)13-14/h1-4,6,8,13H,5,7,9-12H2/b8-6+. The van der Waals surface area contributed by atoms with Crippen molar-refractivity contribution in [3.8, 4) is 0 Å². The molecule has 1 aromatic carbocycles. The molecule has 1 fully saturated rings. The van der Waals surface area contributed by atoms with Crippen molar-refractivity contribution in [2.45, 2.75) is 12.8 Å². The lowest BCUT2D eigenvalue weighted by molar-refractivity contribution is -0.129. The van der Waals surface area contributed by atoms with Crippen LogP contribution in [0.4, 0.5) is 0 Å². The highest BCUT2D eigenvalue weighted by Crippen LogP contribution is 2.24. The fraction of sp³-hybridized carbons (Fsp3) is 0.353. The maximum Gasteiger partial charge on any atom is 0.246 e. The summed E-state index contributed by atoms with van der Waals surface area (Å²) < 4.78 is 5.25. The highest BCUT2D eigenvalue weighted by molar-refractivity contribution is 5.88. The van der Waals surface area contributed by atoms with Crippen LogP contribution in [0.15, 0.2) is 42.0 Å². The summed E-state index contributed by atoms with van der Waals surface area (Å²) in [5, 5.41) is 0. The molecule has 0 N–H and O–H groups in total. The van der Waals surface area contributed by atoms with Gasteiger partial charge in [0.2, 0.25) is 5.91 Å². The number of carbonyl (C=O) groups excluding carboxylic acids is 1. The molecule has 1 amide bonds. The van der Waals surface area contributed by atoms with Crippen molar-refractivity contribution in [2.75, 3.05) is 26.3 Å². The maximum absolute atomic E-state index is 12.0. The van der Waals surface area contributed by atoms with Gasteiger partial charge in [-0.25, -0.2) is 0 Å². The second kappa shape index (κ2) is 6.06. The van der Waals surface area contributed by atoms with Crippen molar-refractivity contribution < 1.29 is 9.53 Å². The molecule has 1 saturated heterocycles. The first kappa shape index (κ1) is 13.1. The number of allylic oxidation sites excluding steroid dienone is 2. The topological polar surface area (TPSA) is 29.5 Å². The van der Waals surface area contributed by atoms with Gasteiger partial charge in [-0.3, -0.25) is 4.79 Å². The Bertz CT molecular complexity index is 554. The molecule has 0 saturated carbocycles. The van der Waals surface area contributed by atoms with Crippen LogP contribution in [0.2, 0.25) is 0 Å². The molecule has 3 rings (SSSR count). The van der Waals surface area contributed by atoms with Gasteiger partial charge in [0.25, 0.3) is 0 Å². The smallest absolute Gasteiger partial charge is 0.246 e. The molecule has 0 aromatic heterocycles. The predicted molar refractivity (Wildman–Crippen MR) is 79.3 cm³/mol. The average Bonchev–Trinajstić information content (AvgIpc) is 2.53. The van der Waals surface area contributed by atoms with Crippen molar-refractivity contribution in [2.24, 2.45) is 0 Å². The van der Waals surface area contributed by atoms with Crippen LogP contribution >= 0.6 is 0 Å². The normalized spacial score (nSPS) is 18.8. The molecule has 0 bridgehead atoms. The minimum atomic E-state index is 0.0908. The molecule has 0 radical (unpaired) electrons. The average molecular weight is 269 g/mol. The number of rotatable bonds is 2. The van der Waals surface area contributed by atoms with Crippen LogP contribution in [0.25, 0.3) is 6.08 Å². The molecule has 1 aliphatic heterocycles. The number of nitrogens with zero attached hydrogens (tertiary/aromatic N) is 1. The van der Waals surface area contributed by atoms with E-state index in [1.54, 1.807) is 6.08 Å². The van der Waals surface area contributed by atoms with Gasteiger partial charge < -0.3 is 9.64 Å². The van der Waals surface area contributed by atoms with E-state index in [1.807, 2.05) is 11.0 Å². The Hall–Kier alpha value is -1.87. The fourth-order valence-electron chi connectivity index (χ4n) is 2.65. The van der Waals surface area contributed by atoms with Crippen LogP contribution in [0.3, 0.4) is 0 Å². The third-order valence-electron chi connectivity index (χ3n) is 3.84. The minimum absolute atomic E-state index is 0.0908. The number of hydrogen-bond donors (Lipinski definition) is 0. The summed E-state index contributed by atoms with van der Waals surface area (Å²) >= 11 is 0. The second-order valence-electron chi connectivity index (χ2n) is 5.19. The van der Waals surface area contributed by atoms with Crippen molar-refractivity contribution >= 4 is 12.0 Å². The van der Waals surface area contributed by atoms with Gasteiger partial charge in [-0.05, 0) is 29.5 Å². The number of amides is 1. The first-order valence-corrected chi connectivity index (χ1v) is 7.16. The SMILES string of the molecule is O=C(/C=C/C1=Cc2ccccc2CC1)N1CCOCC1. The number of benzene rings is 1. The van der Waals surface area contributed by atoms with Crippen molar-refractivity contribution in [1.82, 2.24) is 4.90 Å². The van der Waals surface area contributed by atoms with Gasteiger partial charge in [-0.2, -0.15) is 0 Å². The number of ether oxygens (including phenoxy) is 1. The van der Waals surface area contributed by atoms with Gasteiger partial charge >= 0.3 is 0 Å². The van der Waals surface area contributed by atoms with Gasteiger partial charge in [0.05, 0.1) is 13.2 Å². The molecule has 1 aliphatic carbocycles. The summed E-state index contributed by atoms with van der Waals surface area (Å²) in [5.74, 6) is 0.0908. The summed E-state index contributed by atoms with van der Waals surface area (Å²) in [5.41, 5.74) is 3.90. The monoisotopic (exact) mass is 269 g/mol. The van der Waals surface area contributed by atoms with Crippen molar-refractivity contribution in [3.63, 3.8) is 0 Å². The van der Waals surface area contributed by atoms with Gasteiger partial charge in [0.1, 0.15) is 0 Å². The Balaban J connectivity index is 1.67. The summed E-state index contributed by atoms with van der Waals surface area (Å²) in [6.45, 7) is 2.70. The van der Waals surface area contributed by atoms with Crippen LogP contribution in [0.5, 0.6) is 0 Å². The van der Waals surface area contributed by atoms with E-state index in [2.05, 4.69) is 30.3 Å². The largest absolute Gasteiger partial charge is 0.378 e. The van der Waals surface area contributed by atoms with E-state index in [1.165, 1.54) is 16.7 Å². The summed E-state index contributed by atoms with van der Waals surface area (Å²) in [6.07, 6.45) is 7.91. The van der Waals surface area contributed by atoms with Crippen molar-refractivity contribution in [3.05, 3.63) is 53.1 Å². The Labute approximate surface area is 119 Å². The number of hydrogen-bond acceptors (Lipinski definition) is 2. The highest BCUT2D eigenvalue weighted by atomic mass is 16.5. The van der Waals surface area contributed by atoms with Gasteiger partial charge in [-0.15, -0.1) is 0 Å². The third kappa shape index (κ3) is 2.99. The molecule has 0 atom stereocenters. The molecule has 0 spiro atoms. The van der Waals surface area contributed by atoms with Gasteiger partial charge in [-0.1, -0.05) is 36.4 Å². The molecule has 1 aromatic rings. The maximum atomic E-state index is 12.0. The van der Waals surface area contributed by atoms with Crippen molar-refractivity contribution in [1.29, 1.82) is 0 Å². The number of fused-ring (bicyclic) bond motifs is 1. The molecule has 2 aliphatic rings. The third-order valence-corrected chi connectivity index (χ3v) is 3.84. The van der Waals surface area contributed by atoms with Crippen LogP contribution in [0.1, 0.15) is 17.5 Å². The van der Waals surface area contributed by atoms with Gasteiger partial charge in [0, 0.05) is 19.2 Å². The molecule has 20 heavy (non-hydrogen) atoms. The molecule has 104 valence electrons. The molecule has 0 unspecified atom stereocenters. The van der Waals surface area contributed by atoms with E-state index in [-0.39, 0.29) is 5.91 Å². The van der Waals surface area contributed by atoms with Crippen LogP contribution < -0.4 is 0 Å². The Morgan fingerprint density at radius 1 is 1.15 bits per heavy atom. The van der Waals surface area contributed by atoms with E-state index < -0.39 is 0 Å². The first-order valence-electron chi connectivity index (χ1n) is 7.16. The summed E-state index contributed by atoms with van der Waals surface area (Å²) in [7, 11) is 0. The zero-order valence-electron chi connectivity index (χ0n) is 11.5. The molecular weight excluding hydrogens is 250 g/mol. The summed E-state index contributed by atoms with van der Waals surface area (Å²) in [4.78, 5) is 13.9. The first-order chi connectivity index (χ1) is 9.83. The Morgan fingerprint density at radius 3 is 2.80 bits per heavy atom. The molecule has 1 heterocycles. The number of morpholine rings is 1. The van der Waals surface area contributed by atoms with Crippen LogP contribution in [-0.2, 0) is 16.0 Å². The quantitative estimate of drug-likeness (QED) is 0.772. The van der Waals surface area contributed by atoms with Crippen LogP contribution in [0, 0.1) is 0 Å². The highest BCUT2D eigenvalue weighted by Gasteiger charge is 2.14. The zero-order chi connectivity index (χ0) is 13.8. The molecular formula is C17H19NO2. The molecule has 3 heteroatoms. The van der Waals surface area contributed by atoms with E-state index in [0.717, 1.165) is 12.8 Å². The second-order valence-corrected chi connectivity index (χ2v) is 5.19. The van der Waals surface area contributed by atoms with Crippen LogP contribution in [-0.4, -0.2) is 37.1 Å². The van der Waals surface area contributed by atoms with E-state index in [4.69, 9.17) is 4.74 Å². The van der Waals surface area contributed by atoms with Gasteiger partial charge in [0.15, 0.2) is 0 Å². The predicted octanol–water partition coefficient (Wildman–Crippen LogP) is 2.43. The summed E-state index contributed by atoms with van der Waals surface area (Å²) in [6, 6.07) is 8.44. The number of aryl methyl sites for hydroxylation is 1. The van der Waals surface area contributed by atoms with E-state index >= 15 is 0 Å².